The zero-order valence-corrected chi connectivity index (χ0v) is 13.0. The molecule has 1 atom stereocenters. The van der Waals surface area contributed by atoms with Gasteiger partial charge in [0.1, 0.15) is 5.82 Å². The quantitative estimate of drug-likeness (QED) is 0.873. The van der Waals surface area contributed by atoms with Crippen LogP contribution in [0.3, 0.4) is 0 Å². The summed E-state index contributed by atoms with van der Waals surface area (Å²) >= 11 is 0. The summed E-state index contributed by atoms with van der Waals surface area (Å²) in [6.07, 6.45) is 0. The molecule has 0 bridgehead atoms. The van der Waals surface area contributed by atoms with Crippen molar-refractivity contribution in [3.05, 3.63) is 24.3 Å². The van der Waals surface area contributed by atoms with Crippen LogP contribution >= 0.6 is 0 Å². The van der Waals surface area contributed by atoms with E-state index in [-0.39, 0.29) is 0 Å². The van der Waals surface area contributed by atoms with Gasteiger partial charge in [-0.3, -0.25) is 4.90 Å². The molecule has 1 saturated heterocycles. The third-order valence-electron chi connectivity index (χ3n) is 3.91. The summed E-state index contributed by atoms with van der Waals surface area (Å²) in [6.45, 7) is 7.82. The Morgan fingerprint density at radius 1 is 1.27 bits per heavy atom. The van der Waals surface area contributed by atoms with Crippen molar-refractivity contribution in [3.63, 3.8) is 0 Å². The summed E-state index contributed by atoms with van der Waals surface area (Å²) in [5.74, 6) is 1.63. The molecule has 0 unspecified atom stereocenters. The lowest BCUT2D eigenvalue weighted by atomic mass is 10.1. The second kappa shape index (κ2) is 6.89. The standard InChI is InChI=1S/C16H23N5O/c1-12(11-21-6-8-22-9-7-21)10-18-16-19-14-5-3-2-4-13(14)15(17)20-16/h2-5,12H,6-11H2,1H3,(H3,17,18,19,20)/t12-/m0/s1. The molecule has 3 rings (SSSR count). The Morgan fingerprint density at radius 3 is 2.86 bits per heavy atom. The van der Waals surface area contributed by atoms with E-state index in [0.717, 1.165) is 50.3 Å². The molecule has 0 spiro atoms. The van der Waals surface area contributed by atoms with Gasteiger partial charge in [-0.25, -0.2) is 4.98 Å². The van der Waals surface area contributed by atoms with Gasteiger partial charge in [-0.1, -0.05) is 19.1 Å². The molecule has 6 heteroatoms. The average molecular weight is 301 g/mol. The highest BCUT2D eigenvalue weighted by Gasteiger charge is 2.14. The molecule has 118 valence electrons. The smallest absolute Gasteiger partial charge is 0.225 e. The van der Waals surface area contributed by atoms with Crippen LogP contribution in [0.4, 0.5) is 11.8 Å². The number of nitrogens with zero attached hydrogens (tertiary/aromatic N) is 3. The van der Waals surface area contributed by atoms with E-state index in [9.17, 15) is 0 Å². The van der Waals surface area contributed by atoms with Crippen molar-refractivity contribution in [3.8, 4) is 0 Å². The fourth-order valence-corrected chi connectivity index (χ4v) is 2.73. The predicted molar refractivity (Wildman–Crippen MR) is 88.9 cm³/mol. The number of para-hydroxylation sites is 1. The van der Waals surface area contributed by atoms with Crippen LogP contribution < -0.4 is 11.1 Å². The predicted octanol–water partition coefficient (Wildman–Crippen LogP) is 1.59. The highest BCUT2D eigenvalue weighted by Crippen LogP contribution is 2.19. The first-order valence-corrected chi connectivity index (χ1v) is 7.78. The first-order valence-electron chi connectivity index (χ1n) is 7.78. The van der Waals surface area contributed by atoms with Gasteiger partial charge in [-0.15, -0.1) is 0 Å². The monoisotopic (exact) mass is 301 g/mol. The van der Waals surface area contributed by atoms with Crippen LogP contribution in [0.2, 0.25) is 0 Å². The first kappa shape index (κ1) is 15.0. The molecule has 0 saturated carbocycles. The van der Waals surface area contributed by atoms with Gasteiger partial charge in [0.25, 0.3) is 0 Å². The number of anilines is 2. The zero-order chi connectivity index (χ0) is 15.4. The van der Waals surface area contributed by atoms with E-state index in [1.165, 1.54) is 0 Å². The molecule has 0 aliphatic carbocycles. The summed E-state index contributed by atoms with van der Waals surface area (Å²) in [6, 6.07) is 7.80. The number of benzene rings is 1. The molecule has 3 N–H and O–H groups in total. The highest BCUT2D eigenvalue weighted by atomic mass is 16.5. The van der Waals surface area contributed by atoms with Gasteiger partial charge in [0.2, 0.25) is 5.95 Å². The van der Waals surface area contributed by atoms with Crippen molar-refractivity contribution in [1.82, 2.24) is 14.9 Å². The third kappa shape index (κ3) is 3.64. The van der Waals surface area contributed by atoms with Gasteiger partial charge < -0.3 is 15.8 Å². The molecule has 2 aromatic rings. The van der Waals surface area contributed by atoms with E-state index in [1.807, 2.05) is 24.3 Å². The topological polar surface area (TPSA) is 76.3 Å². The van der Waals surface area contributed by atoms with E-state index in [1.54, 1.807) is 0 Å². The Kier molecular flexibility index (Phi) is 4.70. The van der Waals surface area contributed by atoms with Crippen molar-refractivity contribution in [2.24, 2.45) is 5.92 Å². The van der Waals surface area contributed by atoms with E-state index in [2.05, 4.69) is 27.1 Å². The summed E-state index contributed by atoms with van der Waals surface area (Å²) in [4.78, 5) is 11.3. The van der Waals surface area contributed by atoms with Gasteiger partial charge in [0.15, 0.2) is 0 Å². The van der Waals surface area contributed by atoms with Gasteiger partial charge in [-0.05, 0) is 18.1 Å². The normalized spacial score (nSPS) is 17.5. The molecule has 1 aliphatic rings. The van der Waals surface area contributed by atoms with Crippen molar-refractivity contribution in [1.29, 1.82) is 0 Å². The number of hydrogen-bond donors (Lipinski definition) is 2. The van der Waals surface area contributed by atoms with Crippen LogP contribution in [0, 0.1) is 5.92 Å². The number of aromatic nitrogens is 2. The van der Waals surface area contributed by atoms with E-state index >= 15 is 0 Å². The third-order valence-corrected chi connectivity index (χ3v) is 3.91. The fourth-order valence-electron chi connectivity index (χ4n) is 2.73. The number of morpholine rings is 1. The largest absolute Gasteiger partial charge is 0.383 e. The van der Waals surface area contributed by atoms with Gasteiger partial charge >= 0.3 is 0 Å². The Labute approximate surface area is 130 Å². The van der Waals surface area contributed by atoms with Gasteiger partial charge in [-0.2, -0.15) is 4.98 Å². The second-order valence-corrected chi connectivity index (χ2v) is 5.85. The van der Waals surface area contributed by atoms with E-state index in [0.29, 0.717) is 17.7 Å². The van der Waals surface area contributed by atoms with Crippen LogP contribution in [-0.2, 0) is 4.74 Å². The molecular weight excluding hydrogens is 278 g/mol. The Morgan fingerprint density at radius 2 is 2.05 bits per heavy atom. The Balaban J connectivity index is 1.58. The average Bonchev–Trinajstić information content (AvgIpc) is 2.54. The first-order chi connectivity index (χ1) is 10.7. The van der Waals surface area contributed by atoms with Crippen molar-refractivity contribution < 1.29 is 4.74 Å². The number of fused-ring (bicyclic) bond motifs is 1. The van der Waals surface area contributed by atoms with Crippen LogP contribution in [0.15, 0.2) is 24.3 Å². The molecule has 6 nitrogen and oxygen atoms in total. The SMILES string of the molecule is C[C@@H](CNc1nc(N)c2ccccc2n1)CN1CCOCC1. The van der Waals surface area contributed by atoms with E-state index < -0.39 is 0 Å². The lowest BCUT2D eigenvalue weighted by molar-refractivity contribution is 0.0325. The summed E-state index contributed by atoms with van der Waals surface area (Å²) in [7, 11) is 0. The molecule has 1 aliphatic heterocycles. The molecule has 1 fully saturated rings. The number of ether oxygens (including phenoxy) is 1. The van der Waals surface area contributed by atoms with Crippen LogP contribution in [0.25, 0.3) is 10.9 Å². The Hall–Kier alpha value is -1.92. The molecule has 0 radical (unpaired) electrons. The molecule has 1 aromatic heterocycles. The van der Waals surface area contributed by atoms with Crippen LogP contribution in [0.1, 0.15) is 6.92 Å². The number of rotatable bonds is 5. The lowest BCUT2D eigenvalue weighted by Crippen LogP contribution is -2.40. The maximum absolute atomic E-state index is 6.00. The van der Waals surface area contributed by atoms with Crippen molar-refractivity contribution in [2.75, 3.05) is 50.4 Å². The maximum Gasteiger partial charge on any atom is 0.225 e. The highest BCUT2D eigenvalue weighted by molar-refractivity contribution is 5.88. The van der Waals surface area contributed by atoms with Gasteiger partial charge in [0, 0.05) is 31.6 Å². The molecule has 0 amide bonds. The van der Waals surface area contributed by atoms with E-state index in [4.69, 9.17) is 10.5 Å². The lowest BCUT2D eigenvalue weighted by Gasteiger charge is -2.29. The Bertz CT molecular complexity index is 627. The summed E-state index contributed by atoms with van der Waals surface area (Å²) in [5, 5.41) is 4.20. The van der Waals surface area contributed by atoms with Crippen molar-refractivity contribution >= 4 is 22.7 Å². The number of nitrogen functional groups attached to an aromatic ring is 1. The number of nitrogens with one attached hydrogen (secondary N) is 1. The molecule has 1 aromatic carbocycles. The summed E-state index contributed by atoms with van der Waals surface area (Å²) < 4.78 is 5.37. The minimum atomic E-state index is 0.509. The van der Waals surface area contributed by atoms with Crippen LogP contribution in [0.5, 0.6) is 0 Å². The number of hydrogen-bond acceptors (Lipinski definition) is 6. The fraction of sp³-hybridized carbons (Fsp3) is 0.500. The number of nitrogens with two attached hydrogens (primary N) is 1. The molecule has 22 heavy (non-hydrogen) atoms. The maximum atomic E-state index is 6.00. The zero-order valence-electron chi connectivity index (χ0n) is 13.0. The molecular formula is C16H23N5O. The summed E-state index contributed by atoms with van der Waals surface area (Å²) in [5.41, 5.74) is 6.87. The van der Waals surface area contributed by atoms with Crippen molar-refractivity contribution in [2.45, 2.75) is 6.92 Å². The minimum absolute atomic E-state index is 0.509. The second-order valence-electron chi connectivity index (χ2n) is 5.85. The minimum Gasteiger partial charge on any atom is -0.383 e. The van der Waals surface area contributed by atoms with Crippen LogP contribution in [-0.4, -0.2) is 54.3 Å². The van der Waals surface area contributed by atoms with Gasteiger partial charge in [0.05, 0.1) is 18.7 Å². The molecule has 2 heterocycles.